The molecule has 1 saturated heterocycles. The van der Waals surface area contributed by atoms with Gasteiger partial charge in [0.25, 0.3) is 0 Å². The molecule has 1 heterocycles. The SMILES string of the molecule is C=CCN1CCC(=CN(CC(C)(C)F)NC)C1. The number of hydrogen-bond acceptors (Lipinski definition) is 3. The van der Waals surface area contributed by atoms with Gasteiger partial charge in [0.2, 0.25) is 0 Å². The second kappa shape index (κ2) is 6.17. The Balaban J connectivity index is 2.52. The molecule has 98 valence electrons. The van der Waals surface area contributed by atoms with E-state index in [1.165, 1.54) is 5.57 Å². The van der Waals surface area contributed by atoms with Gasteiger partial charge in [0, 0.05) is 32.9 Å². The summed E-state index contributed by atoms with van der Waals surface area (Å²) in [6.45, 7) is 10.2. The number of nitrogens with zero attached hydrogens (tertiary/aromatic N) is 2. The van der Waals surface area contributed by atoms with Crippen LogP contribution in [0, 0.1) is 0 Å². The van der Waals surface area contributed by atoms with E-state index >= 15 is 0 Å². The lowest BCUT2D eigenvalue weighted by molar-refractivity contribution is 0.132. The summed E-state index contributed by atoms with van der Waals surface area (Å²) < 4.78 is 13.6. The summed E-state index contributed by atoms with van der Waals surface area (Å²) in [4.78, 5) is 2.33. The summed E-state index contributed by atoms with van der Waals surface area (Å²) in [5.41, 5.74) is 3.15. The first-order chi connectivity index (χ1) is 7.94. The fourth-order valence-corrected chi connectivity index (χ4v) is 2.01. The number of alkyl halides is 1. The van der Waals surface area contributed by atoms with Crippen molar-refractivity contribution < 1.29 is 4.39 Å². The Labute approximate surface area is 104 Å². The number of hydrogen-bond donors (Lipinski definition) is 1. The molecule has 0 aliphatic carbocycles. The number of hydrazine groups is 1. The minimum atomic E-state index is -1.19. The molecule has 4 heteroatoms. The average Bonchev–Trinajstić information content (AvgIpc) is 2.63. The zero-order valence-electron chi connectivity index (χ0n) is 11.2. The highest BCUT2D eigenvalue weighted by atomic mass is 19.1. The summed E-state index contributed by atoms with van der Waals surface area (Å²) in [7, 11) is 1.82. The Morgan fingerprint density at radius 1 is 1.59 bits per heavy atom. The minimum Gasteiger partial charge on any atom is -0.313 e. The lowest BCUT2D eigenvalue weighted by Crippen LogP contribution is -2.39. The monoisotopic (exact) mass is 241 g/mol. The second-order valence-corrected chi connectivity index (χ2v) is 5.13. The first-order valence-electron chi connectivity index (χ1n) is 6.10. The van der Waals surface area contributed by atoms with Crippen LogP contribution in [-0.4, -0.2) is 48.8 Å². The van der Waals surface area contributed by atoms with E-state index in [-0.39, 0.29) is 0 Å². The summed E-state index contributed by atoms with van der Waals surface area (Å²) in [5, 5.41) is 1.83. The van der Waals surface area contributed by atoms with Crippen LogP contribution in [0.2, 0.25) is 0 Å². The van der Waals surface area contributed by atoms with Crippen molar-refractivity contribution in [2.45, 2.75) is 25.9 Å². The van der Waals surface area contributed by atoms with Crippen LogP contribution in [0.5, 0.6) is 0 Å². The van der Waals surface area contributed by atoms with Gasteiger partial charge < -0.3 is 5.01 Å². The van der Waals surface area contributed by atoms with Crippen molar-refractivity contribution in [1.29, 1.82) is 0 Å². The van der Waals surface area contributed by atoms with Gasteiger partial charge in [-0.2, -0.15) is 0 Å². The van der Waals surface area contributed by atoms with Gasteiger partial charge in [0.15, 0.2) is 0 Å². The van der Waals surface area contributed by atoms with Gasteiger partial charge in [0.1, 0.15) is 5.67 Å². The molecule has 0 aromatic heterocycles. The zero-order valence-corrected chi connectivity index (χ0v) is 11.2. The van der Waals surface area contributed by atoms with E-state index in [4.69, 9.17) is 0 Å². The Kier molecular flexibility index (Phi) is 5.15. The van der Waals surface area contributed by atoms with Crippen LogP contribution in [-0.2, 0) is 0 Å². The van der Waals surface area contributed by atoms with Gasteiger partial charge >= 0.3 is 0 Å². The molecule has 0 aromatic rings. The van der Waals surface area contributed by atoms with Crippen molar-refractivity contribution in [3.8, 4) is 0 Å². The number of nitrogens with one attached hydrogen (secondary N) is 1. The molecule has 0 atom stereocenters. The van der Waals surface area contributed by atoms with E-state index in [2.05, 4.69) is 16.9 Å². The molecular formula is C13H24FN3. The van der Waals surface area contributed by atoms with Crippen molar-refractivity contribution in [1.82, 2.24) is 15.3 Å². The van der Waals surface area contributed by atoms with Crippen LogP contribution < -0.4 is 5.43 Å². The van der Waals surface area contributed by atoms with Crippen molar-refractivity contribution in [3.63, 3.8) is 0 Å². The first-order valence-corrected chi connectivity index (χ1v) is 6.10. The van der Waals surface area contributed by atoms with Crippen molar-refractivity contribution in [2.75, 3.05) is 33.2 Å². The van der Waals surface area contributed by atoms with E-state index in [1.54, 1.807) is 13.8 Å². The number of rotatable bonds is 6. The molecule has 1 N–H and O–H groups in total. The molecule has 17 heavy (non-hydrogen) atoms. The van der Waals surface area contributed by atoms with E-state index in [1.807, 2.05) is 24.3 Å². The molecule has 1 aliphatic heterocycles. The molecule has 0 saturated carbocycles. The second-order valence-electron chi connectivity index (χ2n) is 5.13. The fourth-order valence-electron chi connectivity index (χ4n) is 2.01. The maximum absolute atomic E-state index is 13.6. The molecule has 1 fully saturated rings. The largest absolute Gasteiger partial charge is 0.313 e. The van der Waals surface area contributed by atoms with E-state index < -0.39 is 5.67 Å². The van der Waals surface area contributed by atoms with Gasteiger partial charge in [-0.05, 0) is 25.8 Å². The van der Waals surface area contributed by atoms with Crippen LogP contribution in [0.15, 0.2) is 24.4 Å². The van der Waals surface area contributed by atoms with E-state index in [0.29, 0.717) is 6.54 Å². The van der Waals surface area contributed by atoms with Gasteiger partial charge in [-0.3, -0.25) is 4.90 Å². The minimum absolute atomic E-state index is 0.356. The highest BCUT2D eigenvalue weighted by Gasteiger charge is 2.20. The van der Waals surface area contributed by atoms with Crippen LogP contribution in [0.3, 0.4) is 0 Å². The van der Waals surface area contributed by atoms with E-state index in [9.17, 15) is 4.39 Å². The molecule has 0 aromatic carbocycles. The molecule has 1 rings (SSSR count). The topological polar surface area (TPSA) is 18.5 Å². The Bertz CT molecular complexity index is 281. The van der Waals surface area contributed by atoms with Crippen LogP contribution in [0.4, 0.5) is 4.39 Å². The van der Waals surface area contributed by atoms with Gasteiger partial charge in [-0.25, -0.2) is 9.82 Å². The number of halogens is 1. The van der Waals surface area contributed by atoms with Gasteiger partial charge in [-0.15, -0.1) is 6.58 Å². The Morgan fingerprint density at radius 3 is 2.82 bits per heavy atom. The molecule has 0 radical (unpaired) electrons. The van der Waals surface area contributed by atoms with Crippen LogP contribution in [0.1, 0.15) is 20.3 Å². The highest BCUT2D eigenvalue weighted by Crippen LogP contribution is 2.16. The maximum atomic E-state index is 13.6. The van der Waals surface area contributed by atoms with Crippen molar-refractivity contribution in [2.24, 2.45) is 0 Å². The lowest BCUT2D eigenvalue weighted by Gasteiger charge is -2.26. The summed E-state index contributed by atoms with van der Waals surface area (Å²) in [5.74, 6) is 0. The van der Waals surface area contributed by atoms with Crippen LogP contribution >= 0.6 is 0 Å². The molecule has 3 nitrogen and oxygen atoms in total. The first kappa shape index (κ1) is 14.2. The summed E-state index contributed by atoms with van der Waals surface area (Å²) >= 11 is 0. The van der Waals surface area contributed by atoms with Crippen molar-refractivity contribution >= 4 is 0 Å². The Morgan fingerprint density at radius 2 is 2.29 bits per heavy atom. The third-order valence-electron chi connectivity index (χ3n) is 2.74. The fraction of sp³-hybridized carbons (Fsp3) is 0.692. The molecule has 0 spiro atoms. The predicted molar refractivity (Wildman–Crippen MR) is 70.3 cm³/mol. The van der Waals surface area contributed by atoms with E-state index in [0.717, 1.165) is 26.1 Å². The molecule has 1 aliphatic rings. The lowest BCUT2D eigenvalue weighted by atomic mass is 10.1. The normalized spacial score (nSPS) is 19.9. The third kappa shape index (κ3) is 5.33. The molecule has 0 amide bonds. The zero-order chi connectivity index (χ0) is 12.9. The Hall–Kier alpha value is -0.870. The van der Waals surface area contributed by atoms with Crippen LogP contribution in [0.25, 0.3) is 0 Å². The number of likely N-dealkylation sites (tertiary alicyclic amines) is 1. The van der Waals surface area contributed by atoms with Gasteiger partial charge in [-0.1, -0.05) is 6.08 Å². The quantitative estimate of drug-likeness (QED) is 0.566. The average molecular weight is 241 g/mol. The molecular weight excluding hydrogens is 217 g/mol. The molecule has 0 unspecified atom stereocenters. The summed E-state index contributed by atoms with van der Waals surface area (Å²) in [6, 6.07) is 0. The maximum Gasteiger partial charge on any atom is 0.124 e. The molecule has 0 bridgehead atoms. The predicted octanol–water partition coefficient (Wildman–Crippen LogP) is 1.95. The highest BCUT2D eigenvalue weighted by molar-refractivity contribution is 5.09. The standard InChI is InChI=1S/C13H24FN3/c1-5-7-16-8-6-12(9-16)10-17(15-4)11-13(2,3)14/h5,10,15H,1,6-9,11H2,2-4H3. The summed E-state index contributed by atoms with van der Waals surface area (Å²) in [6.07, 6.45) is 5.01. The third-order valence-corrected chi connectivity index (χ3v) is 2.74. The smallest absolute Gasteiger partial charge is 0.124 e. The van der Waals surface area contributed by atoms with Gasteiger partial charge in [0.05, 0.1) is 6.54 Å². The van der Waals surface area contributed by atoms with Crippen molar-refractivity contribution in [3.05, 3.63) is 24.4 Å².